The van der Waals surface area contributed by atoms with Crippen LogP contribution in [0.25, 0.3) is 0 Å². The van der Waals surface area contributed by atoms with Gasteiger partial charge in [0.05, 0.1) is 21.0 Å². The Morgan fingerprint density at radius 1 is 0.875 bits per heavy atom. The number of halogens is 9. The number of hydrogen-bond donors (Lipinski definition) is 1. The van der Waals surface area contributed by atoms with Gasteiger partial charge < -0.3 is 5.32 Å². The fourth-order valence-electron chi connectivity index (χ4n) is 4.28. The van der Waals surface area contributed by atoms with Crippen LogP contribution >= 0.6 is 58.0 Å². The minimum Gasteiger partial charge on any atom is -0.326 e. The van der Waals surface area contributed by atoms with Crippen LogP contribution in [0.2, 0.25) is 15.1 Å². The van der Waals surface area contributed by atoms with E-state index >= 15 is 0 Å². The summed E-state index contributed by atoms with van der Waals surface area (Å²) in [5.74, 6) is -6.84. The first kappa shape index (κ1) is 30.6. The maximum absolute atomic E-state index is 14.9. The molecular formula is C27H16Cl5F4NO3. The van der Waals surface area contributed by atoms with Crippen molar-refractivity contribution in [1.82, 2.24) is 0 Å². The SMILES string of the molecule is O=C(Cc1c(F)ccc(CC(=O)C(F)F)c1F)c1cc(NC(=O)[C@H]2[C@H](c3ccc(Cl)c(Cl)c3)C2(Cl)Cl)ccc1Cl. The van der Waals surface area contributed by atoms with Crippen molar-refractivity contribution >= 4 is 81.2 Å². The van der Waals surface area contributed by atoms with Gasteiger partial charge in [-0.05, 0) is 47.5 Å². The molecule has 210 valence electrons. The first-order chi connectivity index (χ1) is 18.7. The van der Waals surface area contributed by atoms with Gasteiger partial charge in [0, 0.05) is 35.6 Å². The molecule has 1 fully saturated rings. The molecule has 0 saturated heterocycles. The number of anilines is 1. The van der Waals surface area contributed by atoms with Crippen LogP contribution in [0.1, 0.15) is 33.0 Å². The van der Waals surface area contributed by atoms with E-state index in [0.717, 1.165) is 12.1 Å². The number of nitrogens with one attached hydrogen (secondary N) is 1. The van der Waals surface area contributed by atoms with Gasteiger partial charge in [-0.25, -0.2) is 17.6 Å². The van der Waals surface area contributed by atoms with Gasteiger partial charge >= 0.3 is 0 Å². The van der Waals surface area contributed by atoms with Gasteiger partial charge in [0.2, 0.25) is 11.7 Å². The second-order valence-corrected chi connectivity index (χ2v) is 11.7. The van der Waals surface area contributed by atoms with Crippen LogP contribution in [-0.4, -0.2) is 28.2 Å². The van der Waals surface area contributed by atoms with E-state index in [1.165, 1.54) is 18.2 Å². The third kappa shape index (κ3) is 6.26. The Hall–Kier alpha value is -2.36. The van der Waals surface area contributed by atoms with Gasteiger partial charge in [0.15, 0.2) is 5.78 Å². The molecule has 1 aliphatic rings. The molecule has 13 heteroatoms. The average molecular weight is 656 g/mol. The molecule has 1 saturated carbocycles. The summed E-state index contributed by atoms with van der Waals surface area (Å²) in [6.07, 6.45) is -5.13. The van der Waals surface area contributed by atoms with E-state index in [4.69, 9.17) is 58.0 Å². The molecule has 4 nitrogen and oxygen atoms in total. The van der Waals surface area contributed by atoms with E-state index in [9.17, 15) is 31.9 Å². The number of ketones is 2. The maximum Gasteiger partial charge on any atom is 0.296 e. The number of benzene rings is 3. The summed E-state index contributed by atoms with van der Waals surface area (Å²) in [6.45, 7) is 0. The number of carbonyl (C=O) groups excluding carboxylic acids is 3. The van der Waals surface area contributed by atoms with Gasteiger partial charge in [0.1, 0.15) is 16.0 Å². The quantitative estimate of drug-likeness (QED) is 0.144. The summed E-state index contributed by atoms with van der Waals surface area (Å²) >= 11 is 30.9. The first-order valence-corrected chi connectivity index (χ1v) is 13.3. The lowest BCUT2D eigenvalue weighted by Gasteiger charge is -2.11. The van der Waals surface area contributed by atoms with E-state index < -0.39 is 75.7 Å². The lowest BCUT2D eigenvalue weighted by atomic mass is 9.98. The molecule has 4 rings (SSSR count). The summed E-state index contributed by atoms with van der Waals surface area (Å²) in [7, 11) is 0. The zero-order valence-electron chi connectivity index (χ0n) is 19.9. The highest BCUT2D eigenvalue weighted by Crippen LogP contribution is 2.65. The minimum atomic E-state index is -3.33. The van der Waals surface area contributed by atoms with Gasteiger partial charge in [-0.2, -0.15) is 0 Å². The average Bonchev–Trinajstić information content (AvgIpc) is 3.47. The third-order valence-electron chi connectivity index (χ3n) is 6.38. The lowest BCUT2D eigenvalue weighted by molar-refractivity contribution is -0.128. The van der Waals surface area contributed by atoms with Crippen molar-refractivity contribution in [2.45, 2.75) is 29.5 Å². The second-order valence-electron chi connectivity index (χ2n) is 9.03. The van der Waals surface area contributed by atoms with Crippen molar-refractivity contribution in [3.05, 3.63) is 97.5 Å². The molecule has 0 aliphatic heterocycles. The number of hydrogen-bond acceptors (Lipinski definition) is 3. The minimum absolute atomic E-state index is 0.0722. The fourth-order valence-corrected chi connectivity index (χ4v) is 5.63. The Bertz CT molecular complexity index is 1530. The summed E-state index contributed by atoms with van der Waals surface area (Å²) in [6, 6.07) is 10.3. The normalized spacial score (nSPS) is 17.6. The number of amides is 1. The number of Topliss-reactive ketones (excluding diaryl/α,β-unsaturated/α-hetero) is 2. The lowest BCUT2D eigenvalue weighted by Crippen LogP contribution is -2.18. The summed E-state index contributed by atoms with van der Waals surface area (Å²) in [5.41, 5.74) is -0.654. The van der Waals surface area contributed by atoms with Gasteiger partial charge in [-0.1, -0.05) is 46.9 Å². The van der Waals surface area contributed by atoms with Gasteiger partial charge in [-0.3, -0.25) is 14.4 Å². The van der Waals surface area contributed by atoms with E-state index in [0.29, 0.717) is 10.6 Å². The van der Waals surface area contributed by atoms with E-state index in [1.807, 2.05) is 0 Å². The predicted molar refractivity (Wildman–Crippen MR) is 146 cm³/mol. The monoisotopic (exact) mass is 653 g/mol. The summed E-state index contributed by atoms with van der Waals surface area (Å²) < 4.78 is 53.0. The highest BCUT2D eigenvalue weighted by atomic mass is 35.5. The topological polar surface area (TPSA) is 63.2 Å². The Kier molecular flexibility index (Phi) is 9.07. The molecule has 0 bridgehead atoms. The van der Waals surface area contributed by atoms with Crippen LogP contribution in [0.15, 0.2) is 48.5 Å². The van der Waals surface area contributed by atoms with Crippen LogP contribution < -0.4 is 5.32 Å². The Morgan fingerprint density at radius 3 is 2.20 bits per heavy atom. The summed E-state index contributed by atoms with van der Waals surface area (Å²) in [5, 5.41) is 3.10. The molecule has 40 heavy (non-hydrogen) atoms. The maximum atomic E-state index is 14.9. The standard InChI is InChI=1S/C27H16Cl5F4NO3/c28-16-5-3-13(37-26(40)23-22(27(23,31)32)11-1-4-17(29)18(30)7-11)9-14(16)20(38)10-15-19(33)6-2-12(24(15)34)8-21(39)25(35)36/h1-7,9,22-23,25H,8,10H2,(H,37,40)/t22-,23+/m0/s1. The molecule has 2 atom stereocenters. The Balaban J connectivity index is 1.52. The fraction of sp³-hybridized carbons (Fsp3) is 0.222. The van der Waals surface area contributed by atoms with Crippen molar-refractivity contribution in [3.63, 3.8) is 0 Å². The van der Waals surface area contributed by atoms with E-state index in [1.54, 1.807) is 18.2 Å². The van der Waals surface area contributed by atoms with Crippen LogP contribution in [-0.2, 0) is 22.4 Å². The van der Waals surface area contributed by atoms with Gasteiger partial charge in [-0.15, -0.1) is 23.2 Å². The molecule has 0 spiro atoms. The van der Waals surface area contributed by atoms with Crippen LogP contribution in [0, 0.1) is 17.6 Å². The highest BCUT2D eigenvalue weighted by Gasteiger charge is 2.67. The third-order valence-corrected chi connectivity index (χ3v) is 8.39. The zero-order valence-corrected chi connectivity index (χ0v) is 23.7. The Labute approximate surface area is 250 Å². The first-order valence-electron chi connectivity index (χ1n) is 11.4. The Morgan fingerprint density at radius 2 is 1.55 bits per heavy atom. The molecule has 1 N–H and O–H groups in total. The van der Waals surface area contributed by atoms with Crippen LogP contribution in [0.4, 0.5) is 23.2 Å². The van der Waals surface area contributed by atoms with Gasteiger partial charge in [0.25, 0.3) is 6.43 Å². The smallest absolute Gasteiger partial charge is 0.296 e. The van der Waals surface area contributed by atoms with Crippen molar-refractivity contribution in [2.75, 3.05) is 5.32 Å². The van der Waals surface area contributed by atoms with Crippen molar-refractivity contribution in [1.29, 1.82) is 0 Å². The second kappa shape index (κ2) is 11.9. The van der Waals surface area contributed by atoms with E-state index in [2.05, 4.69) is 5.32 Å². The molecule has 0 unspecified atom stereocenters. The number of carbonyl (C=O) groups is 3. The highest BCUT2D eigenvalue weighted by molar-refractivity contribution is 6.53. The van der Waals surface area contributed by atoms with Crippen molar-refractivity contribution < 1.29 is 31.9 Å². The van der Waals surface area contributed by atoms with Crippen LogP contribution in [0.5, 0.6) is 0 Å². The molecule has 1 amide bonds. The van der Waals surface area contributed by atoms with Crippen molar-refractivity contribution in [2.24, 2.45) is 5.92 Å². The largest absolute Gasteiger partial charge is 0.326 e. The molecular weight excluding hydrogens is 640 g/mol. The molecule has 3 aromatic carbocycles. The van der Waals surface area contributed by atoms with Crippen LogP contribution in [0.3, 0.4) is 0 Å². The molecule has 3 aromatic rings. The molecule has 0 aromatic heterocycles. The predicted octanol–water partition coefficient (Wildman–Crippen LogP) is 8.25. The van der Waals surface area contributed by atoms with Crippen molar-refractivity contribution in [3.8, 4) is 0 Å². The van der Waals surface area contributed by atoms with E-state index in [-0.39, 0.29) is 21.3 Å². The number of alkyl halides is 4. The zero-order chi connectivity index (χ0) is 29.5. The molecule has 0 heterocycles. The molecule has 0 radical (unpaired) electrons. The molecule has 1 aliphatic carbocycles. The number of rotatable bonds is 9. The summed E-state index contributed by atoms with van der Waals surface area (Å²) in [4.78, 5) is 37.3.